The minimum absolute atomic E-state index is 0.230. The van der Waals surface area contributed by atoms with Crippen molar-refractivity contribution in [3.63, 3.8) is 0 Å². The van der Waals surface area contributed by atoms with Crippen molar-refractivity contribution in [1.29, 1.82) is 0 Å². The molecular weight excluding hydrogens is 404 g/mol. The number of hydrogen-bond acceptors (Lipinski definition) is 3. The van der Waals surface area contributed by atoms with Gasteiger partial charge < -0.3 is 0 Å². The zero-order valence-corrected chi connectivity index (χ0v) is 17.9. The van der Waals surface area contributed by atoms with Gasteiger partial charge in [0.05, 0.1) is 10.9 Å². The number of rotatable bonds is 5. The minimum atomic E-state index is -3.71. The highest BCUT2D eigenvalue weighted by Crippen LogP contribution is 2.47. The molecule has 0 radical (unpaired) electrons. The summed E-state index contributed by atoms with van der Waals surface area (Å²) in [6.45, 7) is 1.93. The summed E-state index contributed by atoms with van der Waals surface area (Å²) < 4.78 is 25.8. The fourth-order valence-corrected chi connectivity index (χ4v) is 5.08. The standard InChI is InChI=1S/C26H22N2O2S/c1-18-14-16-20(17-15-18)31(29,30)28-27-26-24-11-6-5-10-22(24)23-13-7-12-21(25(23)26)19-8-3-2-4-9-19/h2-17,26-28H,1H3. The molecule has 0 aromatic heterocycles. The highest BCUT2D eigenvalue weighted by molar-refractivity contribution is 7.89. The van der Waals surface area contributed by atoms with E-state index in [9.17, 15) is 8.42 Å². The molecule has 0 spiro atoms. The molecule has 0 heterocycles. The third-order valence-electron chi connectivity index (χ3n) is 5.71. The van der Waals surface area contributed by atoms with E-state index in [1.165, 1.54) is 0 Å². The normalized spacial score (nSPS) is 14.8. The van der Waals surface area contributed by atoms with Gasteiger partial charge in [-0.05, 0) is 52.4 Å². The van der Waals surface area contributed by atoms with Crippen LogP contribution in [-0.2, 0) is 10.0 Å². The van der Waals surface area contributed by atoms with Gasteiger partial charge in [-0.25, -0.2) is 13.8 Å². The monoisotopic (exact) mass is 426 g/mol. The van der Waals surface area contributed by atoms with E-state index in [1.54, 1.807) is 24.3 Å². The van der Waals surface area contributed by atoms with Gasteiger partial charge in [-0.1, -0.05) is 90.5 Å². The molecule has 0 fully saturated rings. The second-order valence-corrected chi connectivity index (χ2v) is 9.40. The minimum Gasteiger partial charge on any atom is -0.232 e. The van der Waals surface area contributed by atoms with E-state index in [0.717, 1.165) is 38.9 Å². The maximum absolute atomic E-state index is 12.9. The first kappa shape index (κ1) is 19.7. The van der Waals surface area contributed by atoms with Crippen LogP contribution in [-0.4, -0.2) is 8.42 Å². The Bertz CT molecular complexity index is 1350. The van der Waals surface area contributed by atoms with Crippen molar-refractivity contribution in [3.8, 4) is 22.3 Å². The van der Waals surface area contributed by atoms with Gasteiger partial charge in [0, 0.05) is 0 Å². The Morgan fingerprint density at radius 3 is 2.10 bits per heavy atom. The Labute approximate surface area is 182 Å². The van der Waals surface area contributed by atoms with Crippen LogP contribution in [0.4, 0.5) is 0 Å². The molecule has 4 aromatic carbocycles. The van der Waals surface area contributed by atoms with Crippen LogP contribution < -0.4 is 10.3 Å². The molecule has 5 rings (SSSR count). The topological polar surface area (TPSA) is 58.2 Å². The van der Waals surface area contributed by atoms with Gasteiger partial charge in [-0.2, -0.15) is 0 Å². The zero-order valence-electron chi connectivity index (χ0n) is 17.0. The number of hydrazine groups is 1. The van der Waals surface area contributed by atoms with Gasteiger partial charge in [0.15, 0.2) is 0 Å². The largest absolute Gasteiger partial charge is 0.253 e. The lowest BCUT2D eigenvalue weighted by Crippen LogP contribution is -2.39. The van der Waals surface area contributed by atoms with Crippen molar-refractivity contribution in [3.05, 3.63) is 114 Å². The third-order valence-corrected chi connectivity index (χ3v) is 6.99. The van der Waals surface area contributed by atoms with Crippen LogP contribution >= 0.6 is 0 Å². The molecule has 1 aliphatic carbocycles. The number of fused-ring (bicyclic) bond motifs is 3. The van der Waals surface area contributed by atoms with Crippen molar-refractivity contribution in [1.82, 2.24) is 10.3 Å². The van der Waals surface area contributed by atoms with Crippen LogP contribution in [0, 0.1) is 6.92 Å². The maximum Gasteiger partial charge on any atom is 0.253 e. The summed E-state index contributed by atoms with van der Waals surface area (Å²) in [5, 5.41) is 0. The van der Waals surface area contributed by atoms with E-state index < -0.39 is 10.0 Å². The van der Waals surface area contributed by atoms with Gasteiger partial charge in [-0.3, -0.25) is 0 Å². The van der Waals surface area contributed by atoms with Crippen molar-refractivity contribution in [2.75, 3.05) is 0 Å². The maximum atomic E-state index is 12.9. The van der Waals surface area contributed by atoms with Gasteiger partial charge in [0.1, 0.15) is 0 Å². The number of hydrogen-bond donors (Lipinski definition) is 2. The smallest absolute Gasteiger partial charge is 0.232 e. The summed E-state index contributed by atoms with van der Waals surface area (Å²) in [4.78, 5) is 2.85. The zero-order chi connectivity index (χ0) is 21.4. The highest BCUT2D eigenvalue weighted by atomic mass is 32.2. The van der Waals surface area contributed by atoms with Gasteiger partial charge in [0.25, 0.3) is 10.0 Å². The summed E-state index contributed by atoms with van der Waals surface area (Å²) in [5.74, 6) is 0. The number of benzene rings is 4. The van der Waals surface area contributed by atoms with E-state index in [0.29, 0.717) is 0 Å². The third kappa shape index (κ3) is 3.57. The quantitative estimate of drug-likeness (QED) is 0.431. The van der Waals surface area contributed by atoms with E-state index in [4.69, 9.17) is 0 Å². The lowest BCUT2D eigenvalue weighted by Gasteiger charge is -2.20. The van der Waals surface area contributed by atoms with Crippen LogP contribution in [0.1, 0.15) is 22.7 Å². The fraction of sp³-hybridized carbons (Fsp3) is 0.0769. The van der Waals surface area contributed by atoms with E-state index in [-0.39, 0.29) is 10.9 Å². The van der Waals surface area contributed by atoms with E-state index in [1.807, 2.05) is 43.3 Å². The van der Waals surface area contributed by atoms with Crippen molar-refractivity contribution in [2.45, 2.75) is 17.9 Å². The second-order valence-electron chi connectivity index (χ2n) is 7.72. The first-order valence-corrected chi connectivity index (χ1v) is 11.6. The van der Waals surface area contributed by atoms with Crippen molar-refractivity contribution in [2.24, 2.45) is 0 Å². The number of aryl methyl sites for hydroxylation is 1. The molecule has 31 heavy (non-hydrogen) atoms. The predicted molar refractivity (Wildman–Crippen MR) is 124 cm³/mol. The van der Waals surface area contributed by atoms with Crippen molar-refractivity contribution >= 4 is 10.0 Å². The summed E-state index contributed by atoms with van der Waals surface area (Å²) in [5.41, 5.74) is 10.7. The molecule has 0 amide bonds. The van der Waals surface area contributed by atoms with Gasteiger partial charge >= 0.3 is 0 Å². The summed E-state index contributed by atoms with van der Waals surface area (Å²) >= 11 is 0. The Balaban J connectivity index is 1.56. The fourth-order valence-electron chi connectivity index (χ4n) is 4.19. The molecule has 4 nitrogen and oxygen atoms in total. The molecule has 4 aromatic rings. The van der Waals surface area contributed by atoms with E-state index in [2.05, 4.69) is 46.7 Å². The van der Waals surface area contributed by atoms with Crippen molar-refractivity contribution < 1.29 is 8.42 Å². The first-order valence-electron chi connectivity index (χ1n) is 10.2. The Hall–Kier alpha value is -3.25. The first-order chi connectivity index (χ1) is 15.0. The second kappa shape index (κ2) is 7.78. The van der Waals surface area contributed by atoms with Gasteiger partial charge in [0.2, 0.25) is 0 Å². The summed E-state index contributed by atoms with van der Waals surface area (Å²) in [7, 11) is -3.71. The molecule has 5 heteroatoms. The molecule has 0 saturated heterocycles. The highest BCUT2D eigenvalue weighted by Gasteiger charge is 2.31. The average Bonchev–Trinajstić information content (AvgIpc) is 3.12. The van der Waals surface area contributed by atoms with Crippen LogP contribution in [0.15, 0.2) is 102 Å². The molecule has 1 unspecified atom stereocenters. The lowest BCUT2D eigenvalue weighted by molar-refractivity contribution is 0.533. The predicted octanol–water partition coefficient (Wildman–Crippen LogP) is 5.21. The number of sulfonamides is 1. The van der Waals surface area contributed by atoms with E-state index >= 15 is 0 Å². The molecule has 2 N–H and O–H groups in total. The Morgan fingerprint density at radius 1 is 0.677 bits per heavy atom. The Morgan fingerprint density at radius 2 is 1.32 bits per heavy atom. The molecule has 154 valence electrons. The molecule has 0 saturated carbocycles. The molecule has 0 aliphatic heterocycles. The average molecular weight is 427 g/mol. The molecule has 1 aliphatic rings. The lowest BCUT2D eigenvalue weighted by atomic mass is 9.94. The summed E-state index contributed by atoms with van der Waals surface area (Å²) in [6, 6.07) is 31.0. The Kier molecular flexibility index (Phi) is 4.94. The van der Waals surface area contributed by atoms with Crippen LogP contribution in [0.3, 0.4) is 0 Å². The molecule has 0 bridgehead atoms. The summed E-state index contributed by atoms with van der Waals surface area (Å²) in [6.07, 6.45) is 0. The van der Waals surface area contributed by atoms with Gasteiger partial charge in [-0.15, -0.1) is 4.83 Å². The van der Waals surface area contributed by atoms with Crippen LogP contribution in [0.2, 0.25) is 0 Å². The molecule has 1 atom stereocenters. The SMILES string of the molecule is Cc1ccc(S(=O)(=O)NNC2c3ccccc3-c3cccc(-c4ccccc4)c32)cc1. The molecular formula is C26H22N2O2S. The number of nitrogens with one attached hydrogen (secondary N) is 2. The van der Waals surface area contributed by atoms with Crippen LogP contribution in [0.25, 0.3) is 22.3 Å². The van der Waals surface area contributed by atoms with Crippen LogP contribution in [0.5, 0.6) is 0 Å².